The van der Waals surface area contributed by atoms with E-state index in [1.807, 2.05) is 6.92 Å². The average molecular weight is 572 g/mol. The van der Waals surface area contributed by atoms with Crippen LogP contribution in [-0.2, 0) is 19.2 Å². The smallest absolute Gasteiger partial charge is 0.326 e. The van der Waals surface area contributed by atoms with Crippen molar-refractivity contribution >= 4 is 35.6 Å². The van der Waals surface area contributed by atoms with Crippen LogP contribution in [0.5, 0.6) is 0 Å². The fourth-order valence-electron chi connectivity index (χ4n) is 3.67. The molecule has 0 aromatic heterocycles. The molecule has 0 saturated carbocycles. The normalized spacial score (nSPS) is 14.5. The molecule has 0 aliphatic rings. The highest BCUT2D eigenvalue weighted by Gasteiger charge is 2.32. The number of rotatable bonds is 21. The Morgan fingerprint density at radius 1 is 0.750 bits per heavy atom. The minimum absolute atomic E-state index is 0.0740. The van der Waals surface area contributed by atoms with Gasteiger partial charge >= 0.3 is 5.97 Å². The third-order valence-corrected chi connectivity index (χ3v) is 6.24. The number of nitrogens with two attached hydrogens (primary N) is 6. The lowest BCUT2D eigenvalue weighted by molar-refractivity contribution is -0.143. The van der Waals surface area contributed by atoms with E-state index in [2.05, 4.69) is 25.9 Å². The van der Waals surface area contributed by atoms with E-state index in [-0.39, 0.29) is 43.8 Å². The molecule has 0 spiro atoms. The molecule has 0 aromatic carbocycles. The average Bonchev–Trinajstić information content (AvgIpc) is 2.89. The lowest BCUT2D eigenvalue weighted by Gasteiger charge is -2.28. The fraction of sp³-hybridized carbons (Fsp3) is 0.750. The zero-order valence-electron chi connectivity index (χ0n) is 23.6. The SMILES string of the molecule is CCC(C)C(NC(=O)C(CCCN=C(N)N)NC(=O)C(N)CCCCN)C(=O)NC(CCCN=C(N)N)C(=O)O. The second kappa shape index (κ2) is 20.3. The predicted octanol–water partition coefficient (Wildman–Crippen LogP) is -2.87. The third-order valence-electron chi connectivity index (χ3n) is 6.24. The number of carboxylic acid groups (broad SMARTS) is 1. The first kappa shape index (κ1) is 36.3. The number of nitrogens with zero attached hydrogens (tertiary/aromatic N) is 2. The summed E-state index contributed by atoms with van der Waals surface area (Å²) < 4.78 is 0. The van der Waals surface area contributed by atoms with Crippen LogP contribution in [0.1, 0.15) is 65.2 Å². The first-order chi connectivity index (χ1) is 18.8. The molecule has 0 fully saturated rings. The molecule has 3 amide bonds. The van der Waals surface area contributed by atoms with Crippen LogP contribution < -0.4 is 50.4 Å². The minimum Gasteiger partial charge on any atom is -0.480 e. The molecule has 0 aliphatic heterocycles. The van der Waals surface area contributed by atoms with E-state index in [0.717, 1.165) is 0 Å². The number of guanidine groups is 2. The van der Waals surface area contributed by atoms with E-state index < -0.39 is 47.9 Å². The lowest BCUT2D eigenvalue weighted by Crippen LogP contribution is -2.58. The molecular formula is C24H49N11O5. The van der Waals surface area contributed by atoms with Crippen molar-refractivity contribution < 1.29 is 24.3 Å². The van der Waals surface area contributed by atoms with Crippen molar-refractivity contribution in [3.8, 4) is 0 Å². The molecule has 0 aliphatic carbocycles. The molecule has 0 radical (unpaired) electrons. The molecule has 0 bridgehead atoms. The van der Waals surface area contributed by atoms with E-state index >= 15 is 0 Å². The maximum absolute atomic E-state index is 13.3. The van der Waals surface area contributed by atoms with Crippen molar-refractivity contribution in [2.24, 2.45) is 50.3 Å². The maximum atomic E-state index is 13.3. The number of carboxylic acids is 1. The largest absolute Gasteiger partial charge is 0.480 e. The zero-order valence-corrected chi connectivity index (χ0v) is 23.6. The van der Waals surface area contributed by atoms with Crippen molar-refractivity contribution in [2.75, 3.05) is 19.6 Å². The van der Waals surface area contributed by atoms with Gasteiger partial charge in [-0.1, -0.05) is 26.7 Å². The van der Waals surface area contributed by atoms with E-state index in [0.29, 0.717) is 45.1 Å². The van der Waals surface area contributed by atoms with Crippen molar-refractivity contribution in [3.05, 3.63) is 0 Å². The summed E-state index contributed by atoms with van der Waals surface area (Å²) in [6, 6.07) is -4.15. The van der Waals surface area contributed by atoms with Gasteiger partial charge in [0.15, 0.2) is 11.9 Å². The summed E-state index contributed by atoms with van der Waals surface area (Å²) in [5.74, 6) is -3.61. The molecule has 16 nitrogen and oxygen atoms in total. The standard InChI is InChI=1S/C24H49N11O5/c1-3-14(2)18(21(38)34-17(22(39)40)10-7-13-32-24(29)30)35-20(37)16(9-6-12-31-23(27)28)33-19(36)15(26)8-4-5-11-25/h14-18H,3-13,25-26H2,1-2H3,(H,33,36)(H,34,38)(H,35,37)(H,39,40)(H4,27,28,31)(H4,29,30,32). The van der Waals surface area contributed by atoms with Gasteiger partial charge < -0.3 is 55.5 Å². The Morgan fingerprint density at radius 3 is 1.75 bits per heavy atom. The first-order valence-corrected chi connectivity index (χ1v) is 13.5. The number of carbonyl (C=O) groups excluding carboxylic acids is 3. The van der Waals surface area contributed by atoms with Crippen LogP contribution in [0, 0.1) is 5.92 Å². The topological polar surface area (TPSA) is 305 Å². The second-order valence-electron chi connectivity index (χ2n) is 9.62. The van der Waals surface area contributed by atoms with Gasteiger partial charge in [-0.25, -0.2) is 4.79 Å². The van der Waals surface area contributed by atoms with Crippen LogP contribution in [0.2, 0.25) is 0 Å². The van der Waals surface area contributed by atoms with Gasteiger partial charge in [-0.3, -0.25) is 24.4 Å². The minimum atomic E-state index is -1.24. The quantitative estimate of drug-likeness (QED) is 0.0379. The number of unbranched alkanes of at least 4 members (excludes halogenated alkanes) is 1. The van der Waals surface area contributed by atoms with Crippen LogP contribution in [0.25, 0.3) is 0 Å². The second-order valence-corrected chi connectivity index (χ2v) is 9.62. The Hall–Kier alpha value is -3.66. The van der Waals surface area contributed by atoms with E-state index in [1.54, 1.807) is 6.92 Å². The highest BCUT2D eigenvalue weighted by molar-refractivity contribution is 5.94. The van der Waals surface area contributed by atoms with Crippen LogP contribution >= 0.6 is 0 Å². The summed E-state index contributed by atoms with van der Waals surface area (Å²) in [7, 11) is 0. The highest BCUT2D eigenvalue weighted by atomic mass is 16.4. The molecule has 5 unspecified atom stereocenters. The number of amides is 3. The molecule has 0 rings (SSSR count). The molecule has 16 heteroatoms. The Labute approximate surface area is 235 Å². The number of aliphatic imine (C=N–C) groups is 2. The van der Waals surface area contributed by atoms with Gasteiger partial charge in [0.2, 0.25) is 17.7 Å². The zero-order chi connectivity index (χ0) is 30.7. The Kier molecular flexibility index (Phi) is 18.4. The monoisotopic (exact) mass is 571 g/mol. The first-order valence-electron chi connectivity index (χ1n) is 13.5. The lowest BCUT2D eigenvalue weighted by atomic mass is 9.96. The van der Waals surface area contributed by atoms with Crippen LogP contribution in [0.4, 0.5) is 0 Å². The molecule has 0 saturated heterocycles. The summed E-state index contributed by atoms with van der Waals surface area (Å²) in [6.45, 7) is 4.47. The van der Waals surface area contributed by atoms with Crippen LogP contribution in [0.3, 0.4) is 0 Å². The highest BCUT2D eigenvalue weighted by Crippen LogP contribution is 2.11. The summed E-state index contributed by atoms with van der Waals surface area (Å²) in [5, 5.41) is 17.4. The van der Waals surface area contributed by atoms with E-state index in [9.17, 15) is 24.3 Å². The Morgan fingerprint density at radius 2 is 1.27 bits per heavy atom. The molecule has 0 heterocycles. The predicted molar refractivity (Wildman–Crippen MR) is 154 cm³/mol. The van der Waals surface area contributed by atoms with E-state index in [1.165, 1.54) is 0 Å². The van der Waals surface area contributed by atoms with Crippen molar-refractivity contribution in [1.82, 2.24) is 16.0 Å². The van der Waals surface area contributed by atoms with Gasteiger partial charge in [-0.15, -0.1) is 0 Å². The summed E-state index contributed by atoms with van der Waals surface area (Å²) in [6.07, 6.45) is 3.17. The van der Waals surface area contributed by atoms with E-state index in [4.69, 9.17) is 34.4 Å². The third kappa shape index (κ3) is 15.7. The van der Waals surface area contributed by atoms with Crippen molar-refractivity contribution in [1.29, 1.82) is 0 Å². The molecule has 16 N–H and O–H groups in total. The summed E-state index contributed by atoms with van der Waals surface area (Å²) >= 11 is 0. The van der Waals surface area contributed by atoms with Crippen LogP contribution in [-0.4, -0.2) is 84.5 Å². The fourth-order valence-corrected chi connectivity index (χ4v) is 3.67. The molecular weight excluding hydrogens is 522 g/mol. The van der Waals surface area contributed by atoms with Gasteiger partial charge in [0.25, 0.3) is 0 Å². The van der Waals surface area contributed by atoms with Gasteiger partial charge in [0, 0.05) is 13.1 Å². The van der Waals surface area contributed by atoms with Crippen molar-refractivity contribution in [3.63, 3.8) is 0 Å². The number of nitrogens with one attached hydrogen (secondary N) is 3. The summed E-state index contributed by atoms with van der Waals surface area (Å²) in [5.41, 5.74) is 32.8. The molecule has 230 valence electrons. The maximum Gasteiger partial charge on any atom is 0.326 e. The van der Waals surface area contributed by atoms with Gasteiger partial charge in [0.05, 0.1) is 6.04 Å². The summed E-state index contributed by atoms with van der Waals surface area (Å²) in [4.78, 5) is 58.6. The number of hydrogen-bond acceptors (Lipinski definition) is 8. The van der Waals surface area contributed by atoms with Crippen molar-refractivity contribution in [2.45, 2.75) is 89.4 Å². The number of aliphatic carboxylic acids is 1. The molecule has 5 atom stereocenters. The molecule has 0 aromatic rings. The Bertz CT molecular complexity index is 860. The van der Waals surface area contributed by atoms with Crippen LogP contribution in [0.15, 0.2) is 9.98 Å². The van der Waals surface area contributed by atoms with Gasteiger partial charge in [-0.05, 0) is 51.0 Å². The van der Waals surface area contributed by atoms with Gasteiger partial charge in [-0.2, -0.15) is 0 Å². The number of hydrogen-bond donors (Lipinski definition) is 10. The Balaban J connectivity index is 5.60. The van der Waals surface area contributed by atoms with Gasteiger partial charge in [0.1, 0.15) is 18.1 Å². The number of carbonyl (C=O) groups is 4. The molecule has 40 heavy (non-hydrogen) atoms.